The van der Waals surface area contributed by atoms with Crippen molar-refractivity contribution in [2.75, 3.05) is 32.6 Å². The van der Waals surface area contributed by atoms with E-state index < -0.39 is 29.5 Å². The van der Waals surface area contributed by atoms with Gasteiger partial charge in [-0.3, -0.25) is 19.9 Å². The molecule has 37 heavy (non-hydrogen) atoms. The van der Waals surface area contributed by atoms with Gasteiger partial charge in [0.25, 0.3) is 5.91 Å². The Hall–Kier alpha value is -3.42. The first-order valence-corrected chi connectivity index (χ1v) is 11.9. The zero-order valence-corrected chi connectivity index (χ0v) is 21.0. The Kier molecular flexibility index (Phi) is 8.94. The molecule has 1 fully saturated rings. The standard InChI is InChI=1S/C24H26F3N5O4S/c1-32(12-13-35-2)23(10-11-23)21(34)30-17-14-16(8-9-18(17)36-24(25,26)27)20(33)31-22(29)37-19(28)15-6-4-3-5-7-15/h3-9,14,28H,10-13H2,1-2H3,(H,30,34)(H2,29,31,33)/p+1. The van der Waals surface area contributed by atoms with E-state index in [-0.39, 0.29) is 21.5 Å². The summed E-state index contributed by atoms with van der Waals surface area (Å²) in [6.07, 6.45) is -3.98. The molecule has 3 rings (SSSR count). The Morgan fingerprint density at radius 1 is 1.16 bits per heavy atom. The van der Waals surface area contributed by atoms with Gasteiger partial charge in [-0.05, 0) is 50.2 Å². The number of halogens is 3. The van der Waals surface area contributed by atoms with Crippen molar-refractivity contribution in [3.8, 4) is 5.75 Å². The Bertz CT molecular complexity index is 1170. The van der Waals surface area contributed by atoms with Crippen LogP contribution in [0.3, 0.4) is 0 Å². The largest absolute Gasteiger partial charge is 0.573 e. The summed E-state index contributed by atoms with van der Waals surface area (Å²) < 4.78 is 48.1. The second-order valence-corrected chi connectivity index (χ2v) is 9.33. The molecule has 1 saturated carbocycles. The number of alkyl halides is 3. The van der Waals surface area contributed by atoms with Crippen LogP contribution in [0.1, 0.15) is 28.8 Å². The molecule has 0 unspecified atom stereocenters. The van der Waals surface area contributed by atoms with Crippen molar-refractivity contribution >= 4 is 39.5 Å². The van der Waals surface area contributed by atoms with Gasteiger partial charge in [0.1, 0.15) is 5.54 Å². The van der Waals surface area contributed by atoms with E-state index in [1.165, 1.54) is 7.11 Å². The fraction of sp³-hybridized carbons (Fsp3) is 0.333. The molecule has 0 radical (unpaired) electrons. The fourth-order valence-corrected chi connectivity index (χ4v) is 4.15. The number of likely N-dealkylation sites (N-methyl/N-ethyl adjacent to an activating group) is 1. The average molecular weight is 539 g/mol. The summed E-state index contributed by atoms with van der Waals surface area (Å²) in [5.41, 5.74) is -0.646. The monoisotopic (exact) mass is 538 g/mol. The minimum Gasteiger partial charge on any atom is -0.404 e. The summed E-state index contributed by atoms with van der Waals surface area (Å²) in [4.78, 5) is 27.6. The highest BCUT2D eigenvalue weighted by Gasteiger charge is 2.53. The van der Waals surface area contributed by atoms with Crippen LogP contribution in [0.15, 0.2) is 48.5 Å². The fourth-order valence-electron chi connectivity index (χ4n) is 3.54. The lowest BCUT2D eigenvalue weighted by Gasteiger charge is -2.27. The summed E-state index contributed by atoms with van der Waals surface area (Å²) in [5.74, 6) is -1.96. The van der Waals surface area contributed by atoms with E-state index in [0.29, 0.717) is 31.6 Å². The number of anilines is 1. The number of methoxy groups -OCH3 is 1. The van der Waals surface area contributed by atoms with Crippen molar-refractivity contribution in [1.82, 2.24) is 10.2 Å². The third-order valence-corrected chi connectivity index (χ3v) is 6.48. The molecule has 2 amide bonds. The molecule has 5 N–H and O–H groups in total. The third kappa shape index (κ3) is 7.54. The second-order valence-electron chi connectivity index (χ2n) is 8.27. The minimum atomic E-state index is -5.01. The number of nitrogens with one attached hydrogen (secondary N) is 3. The molecule has 0 bridgehead atoms. The van der Waals surface area contributed by atoms with E-state index >= 15 is 0 Å². The Balaban J connectivity index is 1.76. The number of ether oxygens (including phenoxy) is 2. The topological polar surface area (TPSA) is 129 Å². The number of carbonyl (C=O) groups is 2. The first-order chi connectivity index (χ1) is 17.4. The van der Waals surface area contributed by atoms with E-state index in [0.717, 1.165) is 30.0 Å². The molecule has 13 heteroatoms. The molecule has 2 aromatic rings. The van der Waals surface area contributed by atoms with Gasteiger partial charge < -0.3 is 20.1 Å². The number of carbonyl (C=O) groups excluding carboxylic acids is 2. The minimum absolute atomic E-state index is 0.0916. The van der Waals surface area contributed by atoms with E-state index in [1.54, 1.807) is 42.3 Å². The molecule has 0 heterocycles. The van der Waals surface area contributed by atoms with Crippen LogP contribution in [0.4, 0.5) is 18.9 Å². The molecule has 2 aromatic carbocycles. The number of hydrogen-bond donors (Lipinski definition) is 4. The van der Waals surface area contributed by atoms with Gasteiger partial charge in [0.15, 0.2) is 10.9 Å². The van der Waals surface area contributed by atoms with Crippen LogP contribution in [0.2, 0.25) is 0 Å². The molecule has 9 nitrogen and oxygen atoms in total. The van der Waals surface area contributed by atoms with Gasteiger partial charge in [0.05, 0.1) is 17.9 Å². The average Bonchev–Trinajstić information content (AvgIpc) is 3.65. The van der Waals surface area contributed by atoms with E-state index in [1.807, 2.05) is 0 Å². The van der Waals surface area contributed by atoms with Gasteiger partial charge in [-0.25, -0.2) is 5.41 Å². The molecule has 0 atom stereocenters. The van der Waals surface area contributed by atoms with Crippen LogP contribution >= 0.6 is 11.8 Å². The highest BCUT2D eigenvalue weighted by molar-refractivity contribution is 8.26. The van der Waals surface area contributed by atoms with Crippen molar-refractivity contribution in [3.63, 3.8) is 0 Å². The second kappa shape index (κ2) is 11.8. The summed E-state index contributed by atoms with van der Waals surface area (Å²) in [7, 11) is 3.25. The number of amides is 2. The number of nitrogens with zero attached hydrogens (tertiary/aromatic N) is 1. The van der Waals surface area contributed by atoms with Crippen LogP contribution in [-0.4, -0.2) is 66.1 Å². The maximum Gasteiger partial charge on any atom is 0.573 e. The number of nitrogens with two attached hydrogens (primary N) is 1. The SMILES string of the molecule is COCCN(C)C1(C(=O)Nc2cc(C(=O)NC(=N)SC(=[NH2+])c3ccccc3)ccc2OC(F)(F)F)CC1. The molecule has 198 valence electrons. The van der Waals surface area contributed by atoms with Crippen LogP contribution in [0.25, 0.3) is 0 Å². The van der Waals surface area contributed by atoms with Gasteiger partial charge in [0.2, 0.25) is 11.0 Å². The highest BCUT2D eigenvalue weighted by atomic mass is 32.2. The smallest absolute Gasteiger partial charge is 0.404 e. The third-order valence-electron chi connectivity index (χ3n) is 5.72. The lowest BCUT2D eigenvalue weighted by atomic mass is 10.1. The predicted octanol–water partition coefficient (Wildman–Crippen LogP) is 2.24. The Labute approximate surface area is 215 Å². The van der Waals surface area contributed by atoms with Gasteiger partial charge in [-0.1, -0.05) is 18.2 Å². The summed E-state index contributed by atoms with van der Waals surface area (Å²) >= 11 is 0.810. The van der Waals surface area contributed by atoms with Crippen molar-refractivity contribution in [3.05, 3.63) is 59.7 Å². The summed E-state index contributed by atoms with van der Waals surface area (Å²) in [6, 6.07) is 11.9. The van der Waals surface area contributed by atoms with Crippen LogP contribution < -0.4 is 20.8 Å². The van der Waals surface area contributed by atoms with Crippen molar-refractivity contribution < 1.29 is 37.6 Å². The highest BCUT2D eigenvalue weighted by Crippen LogP contribution is 2.42. The maximum atomic E-state index is 13.0. The predicted molar refractivity (Wildman–Crippen MR) is 133 cm³/mol. The van der Waals surface area contributed by atoms with Crippen LogP contribution in [-0.2, 0) is 9.53 Å². The Morgan fingerprint density at radius 3 is 2.43 bits per heavy atom. The molecule has 0 spiro atoms. The molecule has 0 aromatic heterocycles. The lowest BCUT2D eigenvalue weighted by Crippen LogP contribution is -2.45. The van der Waals surface area contributed by atoms with Gasteiger partial charge >= 0.3 is 6.36 Å². The van der Waals surface area contributed by atoms with Gasteiger partial charge in [0, 0.05) is 31.0 Å². The normalized spacial score (nSPS) is 14.1. The maximum absolute atomic E-state index is 13.0. The van der Waals surface area contributed by atoms with Gasteiger partial charge in [-0.15, -0.1) is 13.2 Å². The molecule has 1 aliphatic carbocycles. The molecule has 1 aliphatic rings. The molecular formula is C24H27F3N5O4S+. The number of amidine groups is 1. The van der Waals surface area contributed by atoms with Gasteiger partial charge in [-0.2, -0.15) is 0 Å². The number of thioether (sulfide) groups is 1. The first kappa shape index (κ1) is 28.2. The van der Waals surface area contributed by atoms with E-state index in [2.05, 4.69) is 15.4 Å². The van der Waals surface area contributed by atoms with Crippen LogP contribution in [0, 0.1) is 5.41 Å². The first-order valence-electron chi connectivity index (χ1n) is 11.1. The van der Waals surface area contributed by atoms with Crippen molar-refractivity contribution in [1.29, 1.82) is 5.41 Å². The zero-order chi connectivity index (χ0) is 27.2. The zero-order valence-electron chi connectivity index (χ0n) is 20.1. The quantitative estimate of drug-likeness (QED) is 0.286. The number of hydrogen-bond acceptors (Lipinski definition) is 7. The molecule has 0 aliphatic heterocycles. The lowest BCUT2D eigenvalue weighted by molar-refractivity contribution is -0.274. The van der Waals surface area contributed by atoms with Crippen molar-refractivity contribution in [2.45, 2.75) is 24.7 Å². The summed E-state index contributed by atoms with van der Waals surface area (Å²) in [5, 5.41) is 18.8. The van der Waals surface area contributed by atoms with Crippen LogP contribution in [0.5, 0.6) is 5.75 Å². The Morgan fingerprint density at radius 2 is 1.84 bits per heavy atom. The molecular weight excluding hydrogens is 511 g/mol. The number of benzene rings is 2. The molecule has 0 saturated heterocycles. The summed E-state index contributed by atoms with van der Waals surface area (Å²) in [6.45, 7) is 0.820. The van der Waals surface area contributed by atoms with E-state index in [9.17, 15) is 22.8 Å². The van der Waals surface area contributed by atoms with E-state index in [4.69, 9.17) is 15.6 Å². The van der Waals surface area contributed by atoms with Crippen molar-refractivity contribution in [2.24, 2.45) is 0 Å². The number of rotatable bonds is 9.